The summed E-state index contributed by atoms with van der Waals surface area (Å²) in [5.74, 6) is 8.32. The molecule has 36 heavy (non-hydrogen) atoms. The fourth-order valence-corrected chi connectivity index (χ4v) is 8.97. The molecule has 3 rings (SSSR count). The second-order valence-electron chi connectivity index (χ2n) is 8.65. The highest BCUT2D eigenvalue weighted by Gasteiger charge is 2.20. The third-order valence-electron chi connectivity index (χ3n) is 5.45. The summed E-state index contributed by atoms with van der Waals surface area (Å²) in [5, 5.41) is 21.5. The van der Waals surface area contributed by atoms with Gasteiger partial charge in [-0.15, -0.1) is 0 Å². The van der Waals surface area contributed by atoms with Crippen molar-refractivity contribution in [3.8, 4) is 11.5 Å². The molecule has 0 spiro atoms. The van der Waals surface area contributed by atoms with E-state index in [2.05, 4.69) is 0 Å². The van der Waals surface area contributed by atoms with Crippen LogP contribution in [0.25, 0.3) is 0 Å². The number of hydrogen-bond donors (Lipinski definition) is 2. The van der Waals surface area contributed by atoms with Gasteiger partial charge in [-0.25, -0.2) is 0 Å². The van der Waals surface area contributed by atoms with E-state index in [0.717, 1.165) is 18.6 Å². The van der Waals surface area contributed by atoms with Gasteiger partial charge in [0.2, 0.25) is 6.29 Å². The second kappa shape index (κ2) is 18.3. The highest BCUT2D eigenvalue weighted by atomic mass is 32.2. The lowest BCUT2D eigenvalue weighted by molar-refractivity contribution is -0.139. The summed E-state index contributed by atoms with van der Waals surface area (Å²) >= 11 is 8.01. The summed E-state index contributed by atoms with van der Waals surface area (Å²) in [6.45, 7) is 3.27. The van der Waals surface area contributed by atoms with Crippen LogP contribution in [0, 0.1) is 0 Å². The Balaban J connectivity index is 1.29. The second-order valence-corrected chi connectivity index (χ2v) is 13.8. The van der Waals surface area contributed by atoms with Gasteiger partial charge in [-0.3, -0.25) is 0 Å². The molecule has 2 N–H and O–H groups in total. The van der Waals surface area contributed by atoms with Crippen molar-refractivity contribution in [2.75, 3.05) is 67.7 Å². The van der Waals surface area contributed by atoms with Crippen LogP contribution < -0.4 is 9.47 Å². The molecule has 2 saturated heterocycles. The van der Waals surface area contributed by atoms with E-state index in [0.29, 0.717) is 35.2 Å². The molecule has 2 heterocycles. The predicted molar refractivity (Wildman–Crippen MR) is 153 cm³/mol. The average Bonchev–Trinajstić information content (AvgIpc) is 2.90. The van der Waals surface area contributed by atoms with Crippen molar-refractivity contribution in [1.29, 1.82) is 0 Å². The molecule has 1 aromatic rings. The van der Waals surface area contributed by atoms with Gasteiger partial charge in [-0.1, -0.05) is 6.07 Å². The number of rotatable bonds is 17. The van der Waals surface area contributed by atoms with Crippen molar-refractivity contribution in [2.45, 2.75) is 48.8 Å². The number of thioether (sulfide) groups is 4. The molecule has 5 atom stereocenters. The van der Waals surface area contributed by atoms with E-state index in [1.54, 1.807) is 31.2 Å². The molecule has 2 fully saturated rings. The molecular formula is C25H40O7S4. The lowest BCUT2D eigenvalue weighted by atomic mass is 10.3. The summed E-state index contributed by atoms with van der Waals surface area (Å²) in [6.07, 6.45) is -0.324. The van der Waals surface area contributed by atoms with Crippen molar-refractivity contribution < 1.29 is 33.9 Å². The van der Waals surface area contributed by atoms with E-state index in [4.69, 9.17) is 23.7 Å². The average molecular weight is 581 g/mol. The lowest BCUT2D eigenvalue weighted by Crippen LogP contribution is -2.33. The normalized spacial score (nSPS) is 23.1. The Morgan fingerprint density at radius 1 is 0.889 bits per heavy atom. The van der Waals surface area contributed by atoms with Crippen molar-refractivity contribution in [3.63, 3.8) is 0 Å². The van der Waals surface area contributed by atoms with Crippen molar-refractivity contribution in [2.24, 2.45) is 0 Å². The van der Waals surface area contributed by atoms with Gasteiger partial charge < -0.3 is 33.9 Å². The summed E-state index contributed by atoms with van der Waals surface area (Å²) in [4.78, 5) is 0. The number of aliphatic hydroxyl groups excluding tert-OH is 2. The molecule has 11 heteroatoms. The molecule has 1 aromatic carbocycles. The maximum Gasteiger partial charge on any atom is 0.225 e. The molecule has 0 aromatic heterocycles. The van der Waals surface area contributed by atoms with Gasteiger partial charge in [-0.05, 0) is 31.9 Å². The smallest absolute Gasteiger partial charge is 0.225 e. The first-order valence-corrected chi connectivity index (χ1v) is 16.9. The fourth-order valence-electron chi connectivity index (χ4n) is 3.52. The predicted octanol–water partition coefficient (Wildman–Crippen LogP) is 4.00. The molecular weight excluding hydrogens is 541 g/mol. The maximum atomic E-state index is 10.2. The Morgan fingerprint density at radius 3 is 2.25 bits per heavy atom. The van der Waals surface area contributed by atoms with E-state index in [9.17, 15) is 10.2 Å². The minimum atomic E-state index is -0.774. The van der Waals surface area contributed by atoms with Crippen LogP contribution in [0.4, 0.5) is 0 Å². The Labute approximate surface area is 232 Å². The summed E-state index contributed by atoms with van der Waals surface area (Å²) in [7, 11) is 0. The Kier molecular flexibility index (Phi) is 15.6. The first-order valence-electron chi connectivity index (χ1n) is 12.5. The summed E-state index contributed by atoms with van der Waals surface area (Å²) in [5.41, 5.74) is 0. The molecule has 0 amide bonds. The van der Waals surface area contributed by atoms with Crippen molar-refractivity contribution in [3.05, 3.63) is 24.3 Å². The topological polar surface area (TPSA) is 86.6 Å². The quantitative estimate of drug-likeness (QED) is 0.207. The molecule has 7 nitrogen and oxygen atoms in total. The molecule has 0 bridgehead atoms. The number of ether oxygens (including phenoxy) is 5. The van der Waals surface area contributed by atoms with Crippen LogP contribution in [0.15, 0.2) is 24.3 Å². The van der Waals surface area contributed by atoms with Gasteiger partial charge in [0.1, 0.15) is 37.1 Å². The van der Waals surface area contributed by atoms with Gasteiger partial charge in [0.05, 0.1) is 19.8 Å². The first kappa shape index (κ1) is 30.6. The van der Waals surface area contributed by atoms with Gasteiger partial charge in [0, 0.05) is 51.1 Å². The summed E-state index contributed by atoms with van der Waals surface area (Å²) < 4.78 is 28.4. The van der Waals surface area contributed by atoms with Crippen LogP contribution in [0.1, 0.15) is 19.8 Å². The Bertz CT molecular complexity index is 703. The van der Waals surface area contributed by atoms with Crippen LogP contribution in [0.5, 0.6) is 11.5 Å². The zero-order chi connectivity index (χ0) is 25.4. The first-order chi connectivity index (χ1) is 17.6. The van der Waals surface area contributed by atoms with Crippen LogP contribution >= 0.6 is 47.0 Å². The van der Waals surface area contributed by atoms with Crippen LogP contribution in [-0.4, -0.2) is 107 Å². The molecule has 0 aliphatic carbocycles. The Morgan fingerprint density at radius 2 is 1.58 bits per heavy atom. The van der Waals surface area contributed by atoms with Crippen LogP contribution in [0.2, 0.25) is 0 Å². The minimum Gasteiger partial charge on any atom is -0.491 e. The van der Waals surface area contributed by atoms with E-state index in [-0.39, 0.29) is 20.0 Å². The molecule has 0 radical (unpaired) electrons. The zero-order valence-electron chi connectivity index (χ0n) is 21.0. The van der Waals surface area contributed by atoms with Crippen LogP contribution in [-0.2, 0) is 14.2 Å². The number of hydrogen-bond acceptors (Lipinski definition) is 11. The zero-order valence-corrected chi connectivity index (χ0v) is 24.2. The largest absolute Gasteiger partial charge is 0.491 e. The van der Waals surface area contributed by atoms with Gasteiger partial charge >= 0.3 is 0 Å². The molecule has 2 aliphatic rings. The third-order valence-corrected chi connectivity index (χ3v) is 11.3. The van der Waals surface area contributed by atoms with E-state index < -0.39 is 18.5 Å². The molecule has 206 valence electrons. The van der Waals surface area contributed by atoms with Crippen LogP contribution in [0.3, 0.4) is 0 Å². The van der Waals surface area contributed by atoms with E-state index in [1.807, 2.05) is 47.0 Å². The maximum absolute atomic E-state index is 10.2. The lowest BCUT2D eigenvalue weighted by Gasteiger charge is -2.25. The van der Waals surface area contributed by atoms with E-state index in [1.165, 1.54) is 28.8 Å². The Hall–Kier alpha value is 0.0200. The minimum absolute atomic E-state index is 0.0901. The highest BCUT2D eigenvalue weighted by molar-refractivity contribution is 8.07. The molecule has 0 saturated carbocycles. The molecule has 5 unspecified atom stereocenters. The van der Waals surface area contributed by atoms with E-state index >= 15 is 0 Å². The SMILES string of the molecule is CC(O)C(OCCC1CSCCS1)Oc1cccc(OCC(O)COCOCCC2CSCCS2)c1. The molecule has 2 aliphatic heterocycles. The van der Waals surface area contributed by atoms with Crippen molar-refractivity contribution in [1.82, 2.24) is 0 Å². The summed E-state index contributed by atoms with van der Waals surface area (Å²) in [6, 6.07) is 7.12. The standard InChI is InChI=1S/C25H40O7S4/c1-19(26)25(30-8-6-24-17-34-10-12-36-24)32-22-4-2-3-21(13-22)31-15-20(27)14-29-18-28-7-5-23-16-33-9-11-35-23/h2-4,13,19-20,23-27H,5-12,14-18H2,1H3. The van der Waals surface area contributed by atoms with Gasteiger partial charge in [0.15, 0.2) is 0 Å². The van der Waals surface area contributed by atoms with Crippen molar-refractivity contribution >= 4 is 47.0 Å². The number of aliphatic hydroxyl groups is 2. The number of benzene rings is 1. The monoisotopic (exact) mass is 580 g/mol. The highest BCUT2D eigenvalue weighted by Crippen LogP contribution is 2.27. The van der Waals surface area contributed by atoms with Gasteiger partial charge in [0.25, 0.3) is 0 Å². The fraction of sp³-hybridized carbons (Fsp3) is 0.760. The van der Waals surface area contributed by atoms with Gasteiger partial charge in [-0.2, -0.15) is 47.0 Å². The third kappa shape index (κ3) is 12.7.